The second-order valence-electron chi connectivity index (χ2n) is 6.19. The Morgan fingerprint density at radius 1 is 1.35 bits per heavy atom. The third-order valence-electron chi connectivity index (χ3n) is 4.65. The molecule has 0 spiro atoms. The number of hydrogen-bond acceptors (Lipinski definition) is 4. The Hall–Kier alpha value is -0.160. The van der Waals surface area contributed by atoms with Crippen molar-refractivity contribution in [2.45, 2.75) is 50.8 Å². The lowest BCUT2D eigenvalue weighted by Gasteiger charge is -2.52. The average molecular weight is 242 g/mol. The van der Waals surface area contributed by atoms with Gasteiger partial charge in [-0.3, -0.25) is 0 Å². The number of ether oxygens (including phenoxy) is 2. The van der Waals surface area contributed by atoms with E-state index in [1.165, 1.54) is 0 Å². The first-order chi connectivity index (χ1) is 7.98. The van der Waals surface area contributed by atoms with Gasteiger partial charge in [0.2, 0.25) is 0 Å². The van der Waals surface area contributed by atoms with Gasteiger partial charge >= 0.3 is 0 Å². The molecule has 1 saturated carbocycles. The second-order valence-corrected chi connectivity index (χ2v) is 6.19. The molecule has 17 heavy (non-hydrogen) atoms. The van der Waals surface area contributed by atoms with Gasteiger partial charge < -0.3 is 20.5 Å². The van der Waals surface area contributed by atoms with Gasteiger partial charge in [-0.15, -0.1) is 0 Å². The molecular formula is C13H26N2O2. The van der Waals surface area contributed by atoms with Gasteiger partial charge in [-0.25, -0.2) is 0 Å². The van der Waals surface area contributed by atoms with Gasteiger partial charge in [0.1, 0.15) is 0 Å². The monoisotopic (exact) mass is 242 g/mol. The van der Waals surface area contributed by atoms with Crippen molar-refractivity contribution in [1.29, 1.82) is 0 Å². The van der Waals surface area contributed by atoms with Crippen LogP contribution in [-0.2, 0) is 9.47 Å². The van der Waals surface area contributed by atoms with Crippen LogP contribution in [0.3, 0.4) is 0 Å². The summed E-state index contributed by atoms with van der Waals surface area (Å²) in [5.41, 5.74) is 6.51. The van der Waals surface area contributed by atoms with Crippen molar-refractivity contribution in [2.24, 2.45) is 11.1 Å². The van der Waals surface area contributed by atoms with Gasteiger partial charge in [-0.2, -0.15) is 0 Å². The fourth-order valence-electron chi connectivity index (χ4n) is 2.91. The molecule has 0 bridgehead atoms. The van der Waals surface area contributed by atoms with Gasteiger partial charge in [0.25, 0.3) is 0 Å². The third-order valence-corrected chi connectivity index (χ3v) is 4.65. The summed E-state index contributed by atoms with van der Waals surface area (Å²) >= 11 is 0. The largest absolute Gasteiger partial charge is 0.381 e. The van der Waals surface area contributed by atoms with Gasteiger partial charge in [-0.1, -0.05) is 13.8 Å². The van der Waals surface area contributed by atoms with Crippen LogP contribution in [-0.4, -0.2) is 44.6 Å². The molecule has 3 N–H and O–H groups in total. The van der Waals surface area contributed by atoms with Crippen LogP contribution in [0.25, 0.3) is 0 Å². The quantitative estimate of drug-likeness (QED) is 0.769. The lowest BCUT2D eigenvalue weighted by atomic mass is 9.64. The second kappa shape index (κ2) is 4.84. The minimum Gasteiger partial charge on any atom is -0.381 e. The van der Waals surface area contributed by atoms with Gasteiger partial charge in [0, 0.05) is 43.9 Å². The third kappa shape index (κ3) is 2.65. The molecule has 2 aliphatic rings. The highest BCUT2D eigenvalue weighted by atomic mass is 16.5. The van der Waals surface area contributed by atoms with Crippen molar-refractivity contribution in [3.63, 3.8) is 0 Å². The van der Waals surface area contributed by atoms with Crippen LogP contribution in [0.1, 0.15) is 33.1 Å². The van der Waals surface area contributed by atoms with E-state index in [1.807, 2.05) is 0 Å². The predicted molar refractivity (Wildman–Crippen MR) is 68.0 cm³/mol. The van der Waals surface area contributed by atoms with Crippen LogP contribution in [0.5, 0.6) is 0 Å². The van der Waals surface area contributed by atoms with Crippen LogP contribution in [0, 0.1) is 5.41 Å². The molecule has 1 aliphatic heterocycles. The Balaban J connectivity index is 1.79. The van der Waals surface area contributed by atoms with Crippen LogP contribution < -0.4 is 11.1 Å². The smallest absolute Gasteiger partial charge is 0.0652 e. The summed E-state index contributed by atoms with van der Waals surface area (Å²) in [6, 6.07) is 0.524. The van der Waals surface area contributed by atoms with Crippen molar-refractivity contribution in [2.75, 3.05) is 26.9 Å². The molecule has 0 radical (unpaired) electrons. The van der Waals surface area contributed by atoms with E-state index in [4.69, 9.17) is 15.2 Å². The van der Waals surface area contributed by atoms with Crippen molar-refractivity contribution in [3.05, 3.63) is 0 Å². The standard InChI is InChI=1S/C13H26N2O2/c1-12(2)10(8-11(12)16-3)15-9-13(14)4-6-17-7-5-13/h10-11,15H,4-9,14H2,1-3H3. The Kier molecular flexibility index (Phi) is 3.78. The summed E-state index contributed by atoms with van der Waals surface area (Å²) in [6.45, 7) is 7.01. The molecule has 1 saturated heterocycles. The molecular weight excluding hydrogens is 216 g/mol. The first-order valence-electron chi connectivity index (χ1n) is 6.61. The summed E-state index contributed by atoms with van der Waals surface area (Å²) in [4.78, 5) is 0. The van der Waals surface area contributed by atoms with Crippen molar-refractivity contribution >= 4 is 0 Å². The number of nitrogens with one attached hydrogen (secondary N) is 1. The van der Waals surface area contributed by atoms with Crippen LogP contribution in [0.2, 0.25) is 0 Å². The number of rotatable bonds is 4. The van der Waals surface area contributed by atoms with E-state index >= 15 is 0 Å². The van der Waals surface area contributed by atoms with Gasteiger partial charge in [-0.05, 0) is 19.3 Å². The molecule has 2 rings (SSSR count). The zero-order chi connectivity index (χ0) is 12.5. The fourth-order valence-corrected chi connectivity index (χ4v) is 2.91. The molecule has 1 aliphatic carbocycles. The molecule has 2 fully saturated rings. The van der Waals surface area contributed by atoms with Gasteiger partial charge in [0.05, 0.1) is 6.10 Å². The summed E-state index contributed by atoms with van der Waals surface area (Å²) in [7, 11) is 1.80. The van der Waals surface area contributed by atoms with Gasteiger partial charge in [0.15, 0.2) is 0 Å². The highest BCUT2D eigenvalue weighted by Crippen LogP contribution is 2.42. The number of nitrogens with two attached hydrogens (primary N) is 1. The topological polar surface area (TPSA) is 56.5 Å². The van der Waals surface area contributed by atoms with Crippen molar-refractivity contribution in [3.8, 4) is 0 Å². The van der Waals surface area contributed by atoms with E-state index in [0.717, 1.165) is 39.0 Å². The Morgan fingerprint density at radius 3 is 2.53 bits per heavy atom. The molecule has 4 nitrogen and oxygen atoms in total. The van der Waals surface area contributed by atoms with E-state index in [9.17, 15) is 0 Å². The molecule has 0 aromatic heterocycles. The van der Waals surface area contributed by atoms with E-state index in [0.29, 0.717) is 12.1 Å². The molecule has 0 aromatic rings. The Bertz CT molecular complexity index is 262. The van der Waals surface area contributed by atoms with E-state index in [-0.39, 0.29) is 11.0 Å². The molecule has 0 amide bonds. The number of hydrogen-bond donors (Lipinski definition) is 2. The first kappa shape index (κ1) is 13.3. The molecule has 2 atom stereocenters. The maximum Gasteiger partial charge on any atom is 0.0652 e. The molecule has 0 aromatic carbocycles. The molecule has 2 unspecified atom stereocenters. The maximum atomic E-state index is 6.37. The minimum atomic E-state index is -0.0769. The average Bonchev–Trinajstić information content (AvgIpc) is 2.28. The molecule has 100 valence electrons. The Labute approximate surface area is 104 Å². The van der Waals surface area contributed by atoms with E-state index < -0.39 is 0 Å². The zero-order valence-corrected chi connectivity index (χ0v) is 11.3. The summed E-state index contributed by atoms with van der Waals surface area (Å²) in [6.07, 6.45) is 3.39. The minimum absolute atomic E-state index is 0.0769. The van der Waals surface area contributed by atoms with E-state index in [1.54, 1.807) is 7.11 Å². The lowest BCUT2D eigenvalue weighted by Crippen LogP contribution is -2.64. The zero-order valence-electron chi connectivity index (χ0n) is 11.3. The summed E-state index contributed by atoms with van der Waals surface area (Å²) in [5.74, 6) is 0. The normalized spacial score (nSPS) is 35.3. The van der Waals surface area contributed by atoms with Crippen LogP contribution >= 0.6 is 0 Å². The lowest BCUT2D eigenvalue weighted by molar-refractivity contribution is -0.0993. The van der Waals surface area contributed by atoms with E-state index in [2.05, 4.69) is 19.2 Å². The first-order valence-corrected chi connectivity index (χ1v) is 6.61. The highest BCUT2D eigenvalue weighted by Gasteiger charge is 2.48. The van der Waals surface area contributed by atoms with Crippen LogP contribution in [0.4, 0.5) is 0 Å². The predicted octanol–water partition coefficient (Wildman–Crippen LogP) is 0.897. The maximum absolute atomic E-state index is 6.37. The fraction of sp³-hybridized carbons (Fsp3) is 1.00. The SMILES string of the molecule is COC1CC(NCC2(N)CCOCC2)C1(C)C. The highest BCUT2D eigenvalue weighted by molar-refractivity contribution is 5.04. The van der Waals surface area contributed by atoms with Crippen LogP contribution in [0.15, 0.2) is 0 Å². The molecule has 4 heteroatoms. The number of methoxy groups -OCH3 is 1. The molecule has 1 heterocycles. The van der Waals surface area contributed by atoms with Crippen molar-refractivity contribution < 1.29 is 9.47 Å². The Morgan fingerprint density at radius 2 is 2.00 bits per heavy atom. The summed E-state index contributed by atoms with van der Waals surface area (Å²) < 4.78 is 10.8. The summed E-state index contributed by atoms with van der Waals surface area (Å²) in [5, 5.41) is 3.62. The van der Waals surface area contributed by atoms with Crippen molar-refractivity contribution in [1.82, 2.24) is 5.32 Å².